The molecule has 1 aliphatic heterocycles. The van der Waals surface area contributed by atoms with Crippen molar-refractivity contribution in [2.45, 2.75) is 18.4 Å². The quantitative estimate of drug-likeness (QED) is 0.621. The average molecular weight is 349 g/mol. The maximum absolute atomic E-state index is 11.2. The third kappa shape index (κ3) is 4.04. The zero-order chi connectivity index (χ0) is 16.2. The van der Waals surface area contributed by atoms with Gasteiger partial charge in [-0.05, 0) is 25.1 Å². The number of ether oxygens (including phenoxy) is 1. The predicted octanol–water partition coefficient (Wildman–Crippen LogP) is 3.88. The van der Waals surface area contributed by atoms with Gasteiger partial charge in [0, 0.05) is 25.1 Å². The van der Waals surface area contributed by atoms with Crippen LogP contribution in [0.5, 0.6) is 5.75 Å². The van der Waals surface area contributed by atoms with Gasteiger partial charge < -0.3 is 9.64 Å². The summed E-state index contributed by atoms with van der Waals surface area (Å²) >= 11 is 0. The van der Waals surface area contributed by atoms with E-state index in [1.165, 1.54) is 11.6 Å². The molecule has 0 amide bonds. The summed E-state index contributed by atoms with van der Waals surface area (Å²) in [6, 6.07) is 16.8. The number of nitro groups is 1. The second kappa shape index (κ2) is 8.13. The van der Waals surface area contributed by atoms with E-state index in [-0.39, 0.29) is 35.0 Å². The SMILES string of the molecule is CN1CC[C@H](Oc2ccccc2[N+](=O)[O-])[C@H](c2ccccc2)C1.Cl. The van der Waals surface area contributed by atoms with Crippen molar-refractivity contribution >= 4 is 18.1 Å². The van der Waals surface area contributed by atoms with Crippen LogP contribution in [0.1, 0.15) is 17.9 Å². The minimum absolute atomic E-state index is 0. The van der Waals surface area contributed by atoms with Crippen LogP contribution < -0.4 is 4.74 Å². The Labute approximate surface area is 147 Å². The minimum atomic E-state index is -0.387. The smallest absolute Gasteiger partial charge is 0.310 e. The van der Waals surface area contributed by atoms with Crippen molar-refractivity contribution in [3.8, 4) is 5.75 Å². The average Bonchev–Trinajstić information content (AvgIpc) is 2.57. The molecule has 0 N–H and O–H groups in total. The van der Waals surface area contributed by atoms with E-state index in [1.54, 1.807) is 18.2 Å². The first-order chi connectivity index (χ1) is 11.1. The summed E-state index contributed by atoms with van der Waals surface area (Å²) in [5, 5.41) is 11.2. The molecule has 5 nitrogen and oxygen atoms in total. The van der Waals surface area contributed by atoms with Crippen molar-refractivity contribution in [3.63, 3.8) is 0 Å². The maximum Gasteiger partial charge on any atom is 0.310 e. The normalized spacial score (nSPS) is 20.9. The van der Waals surface area contributed by atoms with Crippen LogP contribution in [0.25, 0.3) is 0 Å². The molecule has 0 spiro atoms. The molecule has 2 aromatic rings. The highest BCUT2D eigenvalue weighted by Crippen LogP contribution is 2.34. The molecule has 6 heteroatoms. The molecule has 0 aliphatic carbocycles. The van der Waals surface area contributed by atoms with Gasteiger partial charge in [0.15, 0.2) is 5.75 Å². The third-order valence-corrected chi connectivity index (χ3v) is 4.32. The monoisotopic (exact) mass is 348 g/mol. The molecule has 3 rings (SSSR count). The van der Waals surface area contributed by atoms with Gasteiger partial charge in [0.05, 0.1) is 4.92 Å². The second-order valence-corrected chi connectivity index (χ2v) is 5.95. The number of likely N-dealkylation sites (tertiary alicyclic amines) is 1. The molecule has 0 bridgehead atoms. The summed E-state index contributed by atoms with van der Waals surface area (Å²) in [6.45, 7) is 1.81. The minimum Gasteiger partial charge on any atom is -0.483 e. The number of hydrogen-bond acceptors (Lipinski definition) is 4. The van der Waals surface area contributed by atoms with Gasteiger partial charge in [0.1, 0.15) is 6.10 Å². The van der Waals surface area contributed by atoms with Crippen molar-refractivity contribution in [3.05, 3.63) is 70.3 Å². The van der Waals surface area contributed by atoms with Gasteiger partial charge in [-0.3, -0.25) is 10.1 Å². The lowest BCUT2D eigenvalue weighted by molar-refractivity contribution is -0.386. The van der Waals surface area contributed by atoms with Crippen LogP contribution in [0, 0.1) is 10.1 Å². The first-order valence-electron chi connectivity index (χ1n) is 7.78. The lowest BCUT2D eigenvalue weighted by Crippen LogP contribution is -2.42. The highest BCUT2D eigenvalue weighted by Gasteiger charge is 2.32. The van der Waals surface area contributed by atoms with E-state index >= 15 is 0 Å². The van der Waals surface area contributed by atoms with Gasteiger partial charge in [-0.25, -0.2) is 0 Å². The van der Waals surface area contributed by atoms with E-state index in [0.717, 1.165) is 19.5 Å². The Balaban J connectivity index is 0.00000208. The summed E-state index contributed by atoms with van der Waals surface area (Å²) in [7, 11) is 2.09. The van der Waals surface area contributed by atoms with Gasteiger partial charge in [-0.15, -0.1) is 12.4 Å². The number of nitro benzene ring substituents is 1. The predicted molar refractivity (Wildman–Crippen MR) is 96.1 cm³/mol. The van der Waals surface area contributed by atoms with Crippen LogP contribution in [0.4, 0.5) is 5.69 Å². The van der Waals surface area contributed by atoms with E-state index in [0.29, 0.717) is 5.75 Å². The van der Waals surface area contributed by atoms with Gasteiger partial charge in [-0.2, -0.15) is 0 Å². The molecule has 1 aliphatic rings. The molecule has 0 radical (unpaired) electrons. The zero-order valence-electron chi connectivity index (χ0n) is 13.5. The molecule has 1 saturated heterocycles. The Morgan fingerprint density at radius 1 is 1.12 bits per heavy atom. The zero-order valence-corrected chi connectivity index (χ0v) is 14.3. The van der Waals surface area contributed by atoms with Crippen molar-refractivity contribution in [2.75, 3.05) is 20.1 Å². The fourth-order valence-corrected chi connectivity index (χ4v) is 3.13. The van der Waals surface area contributed by atoms with E-state index in [9.17, 15) is 10.1 Å². The first-order valence-corrected chi connectivity index (χ1v) is 7.78. The summed E-state index contributed by atoms with van der Waals surface area (Å²) < 4.78 is 6.09. The molecule has 2 atom stereocenters. The standard InChI is InChI=1S/C18H20N2O3.ClH/c1-19-12-11-17(15(13-19)14-7-3-2-4-8-14)23-18-10-6-5-9-16(18)20(21)22;/h2-10,15,17H,11-13H2,1H3;1H/t15-,17-;/m0./s1. The summed E-state index contributed by atoms with van der Waals surface area (Å²) in [5.74, 6) is 0.558. The van der Waals surface area contributed by atoms with E-state index in [1.807, 2.05) is 18.2 Å². The fourth-order valence-electron chi connectivity index (χ4n) is 3.13. The molecule has 1 fully saturated rings. The van der Waals surface area contributed by atoms with Crippen LogP contribution in [-0.2, 0) is 0 Å². The van der Waals surface area contributed by atoms with Crippen LogP contribution in [0.3, 0.4) is 0 Å². The van der Waals surface area contributed by atoms with E-state index in [2.05, 4.69) is 24.1 Å². The number of halogens is 1. The number of piperidine rings is 1. The topological polar surface area (TPSA) is 55.6 Å². The van der Waals surface area contributed by atoms with Crippen LogP contribution >= 0.6 is 12.4 Å². The number of likely N-dealkylation sites (N-methyl/N-ethyl adjacent to an activating group) is 1. The Kier molecular flexibility index (Phi) is 6.17. The third-order valence-electron chi connectivity index (χ3n) is 4.32. The largest absolute Gasteiger partial charge is 0.483 e. The van der Waals surface area contributed by atoms with Crippen molar-refractivity contribution in [1.82, 2.24) is 4.90 Å². The maximum atomic E-state index is 11.2. The van der Waals surface area contributed by atoms with Gasteiger partial charge in [-0.1, -0.05) is 42.5 Å². The second-order valence-electron chi connectivity index (χ2n) is 5.95. The molecular weight excluding hydrogens is 328 g/mol. The van der Waals surface area contributed by atoms with Crippen LogP contribution in [-0.4, -0.2) is 36.1 Å². The van der Waals surface area contributed by atoms with Crippen LogP contribution in [0.15, 0.2) is 54.6 Å². The van der Waals surface area contributed by atoms with E-state index < -0.39 is 0 Å². The van der Waals surface area contributed by atoms with Crippen molar-refractivity contribution in [1.29, 1.82) is 0 Å². The van der Waals surface area contributed by atoms with Gasteiger partial charge >= 0.3 is 5.69 Å². The Hall–Kier alpha value is -2.11. The number of hydrogen-bond donors (Lipinski definition) is 0. The highest BCUT2D eigenvalue weighted by molar-refractivity contribution is 5.85. The Bertz CT molecular complexity index is 681. The van der Waals surface area contributed by atoms with Gasteiger partial charge in [0.25, 0.3) is 0 Å². The van der Waals surface area contributed by atoms with Gasteiger partial charge in [0.2, 0.25) is 0 Å². The highest BCUT2D eigenvalue weighted by atomic mass is 35.5. The molecular formula is C18H21ClN2O3. The summed E-state index contributed by atoms with van der Waals surface area (Å²) in [6.07, 6.45) is 0.789. The summed E-state index contributed by atoms with van der Waals surface area (Å²) in [4.78, 5) is 13.1. The molecule has 128 valence electrons. The first kappa shape index (κ1) is 18.2. The number of para-hydroxylation sites is 2. The molecule has 1 heterocycles. The number of nitrogens with zero attached hydrogens (tertiary/aromatic N) is 2. The number of benzene rings is 2. The molecule has 2 aromatic carbocycles. The molecule has 0 aromatic heterocycles. The number of rotatable bonds is 4. The Morgan fingerprint density at radius 3 is 2.50 bits per heavy atom. The van der Waals surface area contributed by atoms with E-state index in [4.69, 9.17) is 4.74 Å². The summed E-state index contributed by atoms with van der Waals surface area (Å²) in [5.41, 5.74) is 1.24. The lowest BCUT2D eigenvalue weighted by Gasteiger charge is -2.37. The molecule has 0 saturated carbocycles. The van der Waals surface area contributed by atoms with Crippen LogP contribution in [0.2, 0.25) is 0 Å². The fraction of sp³-hybridized carbons (Fsp3) is 0.333. The molecule has 24 heavy (non-hydrogen) atoms. The lowest BCUT2D eigenvalue weighted by atomic mass is 9.88. The molecule has 0 unspecified atom stereocenters. The van der Waals surface area contributed by atoms with Crippen molar-refractivity contribution in [2.24, 2.45) is 0 Å². The van der Waals surface area contributed by atoms with Crippen molar-refractivity contribution < 1.29 is 9.66 Å². The Morgan fingerprint density at radius 2 is 1.79 bits per heavy atom.